The van der Waals surface area contributed by atoms with Crippen LogP contribution in [0.5, 0.6) is 0 Å². The van der Waals surface area contributed by atoms with E-state index in [4.69, 9.17) is 16.3 Å². The molecule has 12 heavy (non-hydrogen) atoms. The van der Waals surface area contributed by atoms with Crippen molar-refractivity contribution in [3.05, 3.63) is 0 Å². The SMILES string of the molecule is C[C@]12CCC[C@](C)(CC(Cl)C1)O2. The summed E-state index contributed by atoms with van der Waals surface area (Å²) in [6.45, 7) is 4.41. The van der Waals surface area contributed by atoms with E-state index in [1.54, 1.807) is 0 Å². The Kier molecular flexibility index (Phi) is 1.93. The van der Waals surface area contributed by atoms with E-state index < -0.39 is 0 Å². The minimum atomic E-state index is 0.0810. The smallest absolute Gasteiger partial charge is 0.0676 e. The van der Waals surface area contributed by atoms with Gasteiger partial charge >= 0.3 is 0 Å². The standard InChI is InChI=1S/C10H17ClO/c1-9-4-3-5-10(2,12-9)7-8(11)6-9/h8H,3-7H2,1-2H3/t8?,9-,10+. The molecule has 0 N–H and O–H groups in total. The third kappa shape index (κ3) is 1.49. The van der Waals surface area contributed by atoms with Gasteiger partial charge < -0.3 is 4.74 Å². The van der Waals surface area contributed by atoms with Gasteiger partial charge in [-0.3, -0.25) is 0 Å². The highest BCUT2D eigenvalue weighted by Gasteiger charge is 2.46. The van der Waals surface area contributed by atoms with Crippen LogP contribution in [0.15, 0.2) is 0 Å². The molecule has 2 rings (SSSR count). The zero-order valence-electron chi connectivity index (χ0n) is 7.90. The Labute approximate surface area is 79.4 Å². The maximum absolute atomic E-state index is 6.22. The van der Waals surface area contributed by atoms with Crippen molar-refractivity contribution in [1.29, 1.82) is 0 Å². The third-order valence-corrected chi connectivity index (χ3v) is 3.52. The molecular formula is C10H17ClO. The molecule has 2 aliphatic rings. The van der Waals surface area contributed by atoms with Crippen LogP contribution in [0.2, 0.25) is 0 Å². The molecule has 0 amide bonds. The molecule has 0 aromatic heterocycles. The second-order valence-electron chi connectivity index (χ2n) is 4.86. The lowest BCUT2D eigenvalue weighted by Crippen LogP contribution is -2.52. The van der Waals surface area contributed by atoms with Gasteiger partial charge in [-0.05, 0) is 46.0 Å². The van der Waals surface area contributed by atoms with Gasteiger partial charge in [0.05, 0.1) is 11.2 Å². The molecule has 2 saturated heterocycles. The summed E-state index contributed by atoms with van der Waals surface area (Å²) in [7, 11) is 0. The topological polar surface area (TPSA) is 9.23 Å². The van der Waals surface area contributed by atoms with Crippen LogP contribution >= 0.6 is 11.6 Å². The zero-order valence-corrected chi connectivity index (χ0v) is 8.66. The van der Waals surface area contributed by atoms with Crippen LogP contribution in [0.3, 0.4) is 0 Å². The molecule has 0 aromatic rings. The molecule has 0 saturated carbocycles. The molecule has 70 valence electrons. The maximum atomic E-state index is 6.22. The molecular weight excluding hydrogens is 172 g/mol. The number of hydrogen-bond donors (Lipinski definition) is 0. The van der Waals surface area contributed by atoms with Crippen molar-refractivity contribution in [2.24, 2.45) is 0 Å². The van der Waals surface area contributed by atoms with Gasteiger partial charge in [0, 0.05) is 5.38 Å². The number of alkyl halides is 1. The van der Waals surface area contributed by atoms with Crippen molar-refractivity contribution >= 4 is 11.6 Å². The van der Waals surface area contributed by atoms with Crippen LogP contribution in [0.1, 0.15) is 46.0 Å². The molecule has 2 bridgehead atoms. The Hall–Kier alpha value is 0.250. The number of rotatable bonds is 0. The van der Waals surface area contributed by atoms with Gasteiger partial charge in [0.1, 0.15) is 0 Å². The lowest BCUT2D eigenvalue weighted by atomic mass is 9.76. The highest BCUT2D eigenvalue weighted by molar-refractivity contribution is 6.20. The van der Waals surface area contributed by atoms with Crippen LogP contribution in [0.4, 0.5) is 0 Å². The van der Waals surface area contributed by atoms with Crippen molar-refractivity contribution in [2.45, 2.75) is 62.5 Å². The van der Waals surface area contributed by atoms with Gasteiger partial charge in [-0.2, -0.15) is 0 Å². The number of hydrogen-bond acceptors (Lipinski definition) is 1. The molecule has 2 heterocycles. The first kappa shape index (κ1) is 8.83. The first-order valence-corrected chi connectivity index (χ1v) is 5.29. The van der Waals surface area contributed by atoms with Crippen LogP contribution < -0.4 is 0 Å². The van der Waals surface area contributed by atoms with E-state index in [1.807, 2.05) is 0 Å². The van der Waals surface area contributed by atoms with Crippen molar-refractivity contribution < 1.29 is 4.74 Å². The van der Waals surface area contributed by atoms with Crippen LogP contribution in [0, 0.1) is 0 Å². The van der Waals surface area contributed by atoms with Gasteiger partial charge in [-0.1, -0.05) is 0 Å². The molecule has 1 unspecified atom stereocenters. The number of ether oxygens (including phenoxy) is 1. The lowest BCUT2D eigenvalue weighted by molar-refractivity contribution is -0.202. The molecule has 2 aliphatic heterocycles. The third-order valence-electron chi connectivity index (χ3n) is 3.21. The Morgan fingerprint density at radius 3 is 2.17 bits per heavy atom. The van der Waals surface area contributed by atoms with E-state index in [0.29, 0.717) is 5.38 Å². The minimum absolute atomic E-state index is 0.0810. The van der Waals surface area contributed by atoms with Gasteiger partial charge in [0.2, 0.25) is 0 Å². The summed E-state index contributed by atoms with van der Waals surface area (Å²) in [6, 6.07) is 0. The van der Waals surface area contributed by atoms with E-state index in [2.05, 4.69) is 13.8 Å². The van der Waals surface area contributed by atoms with Gasteiger partial charge in [-0.15, -0.1) is 11.6 Å². The molecule has 2 fully saturated rings. The maximum Gasteiger partial charge on any atom is 0.0676 e. The van der Waals surface area contributed by atoms with E-state index in [0.717, 1.165) is 12.8 Å². The van der Waals surface area contributed by atoms with E-state index in [1.165, 1.54) is 19.3 Å². The summed E-state index contributed by atoms with van der Waals surface area (Å²) in [6.07, 6.45) is 5.74. The van der Waals surface area contributed by atoms with Crippen molar-refractivity contribution in [3.8, 4) is 0 Å². The van der Waals surface area contributed by atoms with Gasteiger partial charge in [0.25, 0.3) is 0 Å². The highest BCUT2D eigenvalue weighted by Crippen LogP contribution is 2.46. The molecule has 0 aromatic carbocycles. The fourth-order valence-corrected chi connectivity index (χ4v) is 3.48. The average molecular weight is 189 g/mol. The Bertz CT molecular complexity index is 176. The number of halogens is 1. The second-order valence-corrected chi connectivity index (χ2v) is 5.48. The largest absolute Gasteiger partial charge is 0.369 e. The summed E-state index contributed by atoms with van der Waals surface area (Å²) in [5.41, 5.74) is 0.162. The minimum Gasteiger partial charge on any atom is -0.369 e. The summed E-state index contributed by atoms with van der Waals surface area (Å²) in [5, 5.41) is 0.328. The molecule has 1 nitrogen and oxygen atoms in total. The highest BCUT2D eigenvalue weighted by atomic mass is 35.5. The Balaban J connectivity index is 2.19. The average Bonchev–Trinajstić information content (AvgIpc) is 1.79. The predicted molar refractivity (Wildman–Crippen MR) is 50.6 cm³/mol. The Morgan fingerprint density at radius 1 is 1.17 bits per heavy atom. The van der Waals surface area contributed by atoms with Crippen molar-refractivity contribution in [3.63, 3.8) is 0 Å². The second kappa shape index (κ2) is 2.62. The monoisotopic (exact) mass is 188 g/mol. The van der Waals surface area contributed by atoms with E-state index in [-0.39, 0.29) is 11.2 Å². The fourth-order valence-electron chi connectivity index (χ4n) is 2.83. The van der Waals surface area contributed by atoms with Crippen molar-refractivity contribution in [1.82, 2.24) is 0 Å². The molecule has 2 heteroatoms. The number of fused-ring (bicyclic) bond motifs is 2. The summed E-state index contributed by atoms with van der Waals surface area (Å²) >= 11 is 6.22. The summed E-state index contributed by atoms with van der Waals surface area (Å²) in [5.74, 6) is 0. The van der Waals surface area contributed by atoms with Gasteiger partial charge in [0.15, 0.2) is 0 Å². The normalized spacial score (nSPS) is 53.8. The Morgan fingerprint density at radius 2 is 1.67 bits per heavy atom. The first-order valence-electron chi connectivity index (χ1n) is 4.86. The first-order chi connectivity index (χ1) is 5.52. The molecule has 0 radical (unpaired) electrons. The molecule has 0 spiro atoms. The van der Waals surface area contributed by atoms with Crippen LogP contribution in [-0.2, 0) is 4.74 Å². The zero-order chi connectivity index (χ0) is 8.82. The van der Waals surface area contributed by atoms with Crippen molar-refractivity contribution in [2.75, 3.05) is 0 Å². The lowest BCUT2D eigenvalue weighted by Gasteiger charge is -2.51. The fraction of sp³-hybridized carbons (Fsp3) is 1.00. The van der Waals surface area contributed by atoms with Gasteiger partial charge in [-0.25, -0.2) is 0 Å². The predicted octanol–water partition coefficient (Wildman–Crippen LogP) is 3.11. The van der Waals surface area contributed by atoms with E-state index >= 15 is 0 Å². The molecule has 3 atom stereocenters. The summed E-state index contributed by atoms with van der Waals surface area (Å²) in [4.78, 5) is 0. The van der Waals surface area contributed by atoms with Crippen LogP contribution in [0.25, 0.3) is 0 Å². The summed E-state index contributed by atoms with van der Waals surface area (Å²) < 4.78 is 6.08. The molecule has 0 aliphatic carbocycles. The van der Waals surface area contributed by atoms with Crippen LogP contribution in [-0.4, -0.2) is 16.6 Å². The van der Waals surface area contributed by atoms with E-state index in [9.17, 15) is 0 Å². The quantitative estimate of drug-likeness (QED) is 0.531.